The Labute approximate surface area is 152 Å². The lowest BCUT2D eigenvalue weighted by atomic mass is 9.87. The number of fused-ring (bicyclic) bond motifs is 3. The zero-order valence-electron chi connectivity index (χ0n) is 13.4. The average Bonchev–Trinajstić information content (AvgIpc) is 2.88. The van der Waals surface area contributed by atoms with Gasteiger partial charge in [0.1, 0.15) is 5.52 Å². The molecule has 2 bridgehead atoms. The third kappa shape index (κ3) is 2.71. The first-order valence-electron chi connectivity index (χ1n) is 8.06. The first kappa shape index (κ1) is 16.8. The van der Waals surface area contributed by atoms with Gasteiger partial charge in [-0.2, -0.15) is 0 Å². The molecular formula is C16H16ClFN4O2S. The molecule has 1 N–H and O–H groups in total. The molecule has 25 heavy (non-hydrogen) atoms. The molecule has 3 atom stereocenters. The highest BCUT2D eigenvalue weighted by Crippen LogP contribution is 2.44. The second-order valence-electron chi connectivity index (χ2n) is 6.46. The Kier molecular flexibility index (Phi) is 4.19. The molecule has 132 valence electrons. The number of pyridine rings is 1. The smallest absolute Gasteiger partial charge is 0.407 e. The zero-order chi connectivity index (χ0) is 17.7. The number of piperidine rings is 1. The van der Waals surface area contributed by atoms with Crippen molar-refractivity contribution in [1.82, 2.24) is 19.9 Å². The number of thioether (sulfide) groups is 1. The van der Waals surface area contributed by atoms with Gasteiger partial charge in [0.25, 0.3) is 0 Å². The molecule has 0 aliphatic carbocycles. The minimum Gasteiger partial charge on any atom is -0.465 e. The maximum Gasteiger partial charge on any atom is 0.407 e. The fourth-order valence-electron chi connectivity index (χ4n) is 4.15. The van der Waals surface area contributed by atoms with E-state index in [0.717, 1.165) is 18.5 Å². The maximum atomic E-state index is 14.4. The lowest BCUT2D eigenvalue weighted by Crippen LogP contribution is -2.45. The molecule has 2 aliphatic heterocycles. The van der Waals surface area contributed by atoms with Crippen LogP contribution < -0.4 is 0 Å². The van der Waals surface area contributed by atoms with Gasteiger partial charge in [0.2, 0.25) is 0 Å². The highest BCUT2D eigenvalue weighted by Gasteiger charge is 2.44. The van der Waals surface area contributed by atoms with E-state index < -0.39 is 11.9 Å². The van der Waals surface area contributed by atoms with Crippen molar-refractivity contribution in [3.05, 3.63) is 22.9 Å². The van der Waals surface area contributed by atoms with Crippen LogP contribution >= 0.6 is 23.4 Å². The topological polar surface area (TPSA) is 79.2 Å². The molecule has 2 aromatic rings. The molecular weight excluding hydrogens is 367 g/mol. The van der Waals surface area contributed by atoms with Gasteiger partial charge in [-0.3, -0.25) is 0 Å². The van der Waals surface area contributed by atoms with E-state index in [0.29, 0.717) is 23.4 Å². The van der Waals surface area contributed by atoms with Gasteiger partial charge < -0.3 is 10.0 Å². The second kappa shape index (κ2) is 6.25. The predicted molar refractivity (Wildman–Crippen MR) is 92.7 cm³/mol. The van der Waals surface area contributed by atoms with Crippen LogP contribution in [-0.2, 0) is 0 Å². The Morgan fingerprint density at radius 3 is 2.64 bits per heavy atom. The van der Waals surface area contributed by atoms with E-state index in [-0.39, 0.29) is 28.7 Å². The Morgan fingerprint density at radius 2 is 2.04 bits per heavy atom. The number of carboxylic acid groups (broad SMARTS) is 1. The van der Waals surface area contributed by atoms with Crippen molar-refractivity contribution in [3.63, 3.8) is 0 Å². The largest absolute Gasteiger partial charge is 0.465 e. The van der Waals surface area contributed by atoms with Crippen molar-refractivity contribution in [2.45, 2.75) is 48.8 Å². The molecule has 0 spiro atoms. The van der Waals surface area contributed by atoms with Crippen LogP contribution in [-0.4, -0.2) is 49.4 Å². The van der Waals surface area contributed by atoms with Crippen molar-refractivity contribution in [2.24, 2.45) is 0 Å². The minimum atomic E-state index is -0.859. The van der Waals surface area contributed by atoms with Crippen LogP contribution in [0.25, 0.3) is 10.9 Å². The van der Waals surface area contributed by atoms with E-state index in [1.54, 1.807) is 4.90 Å². The number of halogens is 2. The average molecular weight is 383 g/mol. The van der Waals surface area contributed by atoms with Crippen LogP contribution in [0, 0.1) is 5.82 Å². The molecule has 2 aromatic heterocycles. The standard InChI is InChI=1S/C16H16ClFN4O2S/c1-25-15-20-12(10-6-19-14(17)11(18)13(10)21-15)7-4-8-2-3-9(5-7)22(8)16(23)24/h6-9H,2-5H2,1H3,(H,23,24)/t7-,8-,9+. The fourth-order valence-corrected chi connectivity index (χ4v) is 4.66. The third-order valence-electron chi connectivity index (χ3n) is 5.17. The van der Waals surface area contributed by atoms with Crippen LogP contribution in [0.1, 0.15) is 37.3 Å². The Bertz CT molecular complexity index is 854. The number of aromatic nitrogens is 3. The molecule has 4 rings (SSSR count). The molecule has 2 aliphatic rings. The molecule has 0 aromatic carbocycles. The summed E-state index contributed by atoms with van der Waals surface area (Å²) in [6.45, 7) is 0. The number of rotatable bonds is 2. The second-order valence-corrected chi connectivity index (χ2v) is 7.60. The van der Waals surface area contributed by atoms with Crippen molar-refractivity contribution in [3.8, 4) is 0 Å². The number of hydrogen-bond donors (Lipinski definition) is 1. The maximum absolute atomic E-state index is 14.4. The highest BCUT2D eigenvalue weighted by molar-refractivity contribution is 7.98. The first-order valence-corrected chi connectivity index (χ1v) is 9.66. The zero-order valence-corrected chi connectivity index (χ0v) is 15.0. The van der Waals surface area contributed by atoms with Gasteiger partial charge in [-0.05, 0) is 31.9 Å². The molecule has 2 fully saturated rings. The molecule has 2 saturated heterocycles. The lowest BCUT2D eigenvalue weighted by molar-refractivity contribution is 0.0961. The summed E-state index contributed by atoms with van der Waals surface area (Å²) >= 11 is 7.15. The number of nitrogens with zero attached hydrogens (tertiary/aromatic N) is 4. The van der Waals surface area contributed by atoms with Crippen molar-refractivity contribution >= 4 is 40.4 Å². The van der Waals surface area contributed by atoms with Crippen molar-refractivity contribution in [1.29, 1.82) is 0 Å². The van der Waals surface area contributed by atoms with Crippen LogP contribution in [0.5, 0.6) is 0 Å². The van der Waals surface area contributed by atoms with Gasteiger partial charge >= 0.3 is 6.09 Å². The molecule has 0 radical (unpaired) electrons. The number of amides is 1. The first-order chi connectivity index (χ1) is 12.0. The summed E-state index contributed by atoms with van der Waals surface area (Å²) in [6.07, 6.45) is 5.60. The van der Waals surface area contributed by atoms with E-state index in [9.17, 15) is 14.3 Å². The summed E-state index contributed by atoms with van der Waals surface area (Å²) in [4.78, 5) is 25.8. The lowest BCUT2D eigenvalue weighted by Gasteiger charge is -2.37. The Balaban J connectivity index is 1.80. The minimum absolute atomic E-state index is 0.00546. The summed E-state index contributed by atoms with van der Waals surface area (Å²) in [7, 11) is 0. The monoisotopic (exact) mass is 382 g/mol. The van der Waals surface area contributed by atoms with Crippen LogP contribution in [0.2, 0.25) is 5.15 Å². The van der Waals surface area contributed by atoms with Gasteiger partial charge in [-0.25, -0.2) is 24.1 Å². The van der Waals surface area contributed by atoms with Gasteiger partial charge in [-0.1, -0.05) is 23.4 Å². The van der Waals surface area contributed by atoms with E-state index in [1.165, 1.54) is 18.0 Å². The normalized spacial score (nSPS) is 25.6. The SMILES string of the molecule is CSc1nc([C@@H]2C[C@H]3CC[C@@H](C2)N3C(=O)O)c2cnc(Cl)c(F)c2n1. The quantitative estimate of drug-likeness (QED) is 0.481. The molecule has 0 saturated carbocycles. The van der Waals surface area contributed by atoms with Crippen LogP contribution in [0.4, 0.5) is 9.18 Å². The Morgan fingerprint density at radius 1 is 1.36 bits per heavy atom. The van der Waals surface area contributed by atoms with Crippen LogP contribution in [0.15, 0.2) is 11.4 Å². The van der Waals surface area contributed by atoms with Gasteiger partial charge in [0, 0.05) is 29.6 Å². The van der Waals surface area contributed by atoms with Crippen LogP contribution in [0.3, 0.4) is 0 Å². The third-order valence-corrected chi connectivity index (χ3v) is 5.99. The van der Waals surface area contributed by atoms with E-state index in [2.05, 4.69) is 15.0 Å². The fraction of sp³-hybridized carbons (Fsp3) is 0.500. The predicted octanol–water partition coefficient (Wildman–Crippen LogP) is 3.93. The molecule has 4 heterocycles. The molecule has 1 amide bonds. The Hall–Kier alpha value is -1.67. The van der Waals surface area contributed by atoms with Gasteiger partial charge in [-0.15, -0.1) is 0 Å². The van der Waals surface area contributed by atoms with Crippen molar-refractivity contribution < 1.29 is 14.3 Å². The summed E-state index contributed by atoms with van der Waals surface area (Å²) < 4.78 is 14.4. The van der Waals surface area contributed by atoms with Crippen molar-refractivity contribution in [2.75, 3.05) is 6.26 Å². The van der Waals surface area contributed by atoms with E-state index in [1.807, 2.05) is 6.26 Å². The summed E-state index contributed by atoms with van der Waals surface area (Å²) in [6, 6.07) is -0.0109. The van der Waals surface area contributed by atoms with Gasteiger partial charge in [0.05, 0.1) is 5.69 Å². The summed E-state index contributed by atoms with van der Waals surface area (Å²) in [5, 5.41) is 10.3. The molecule has 6 nitrogen and oxygen atoms in total. The number of carbonyl (C=O) groups is 1. The van der Waals surface area contributed by atoms with E-state index in [4.69, 9.17) is 11.6 Å². The summed E-state index contributed by atoms with van der Waals surface area (Å²) in [5.41, 5.74) is 0.932. The highest BCUT2D eigenvalue weighted by atomic mass is 35.5. The molecule has 9 heteroatoms. The summed E-state index contributed by atoms with van der Waals surface area (Å²) in [5.74, 6) is -0.573. The molecule has 0 unspecified atom stereocenters. The van der Waals surface area contributed by atoms with E-state index >= 15 is 0 Å². The number of hydrogen-bond acceptors (Lipinski definition) is 5. The van der Waals surface area contributed by atoms with Gasteiger partial charge in [0.15, 0.2) is 16.1 Å².